The number of rotatable bonds is 3. The summed E-state index contributed by atoms with van der Waals surface area (Å²) in [5, 5.41) is 10.3. The Labute approximate surface area is 151 Å². The normalized spacial score (nSPS) is 23.1. The molecule has 1 fully saturated rings. The van der Waals surface area contributed by atoms with E-state index in [1.54, 1.807) is 10.6 Å². The summed E-state index contributed by atoms with van der Waals surface area (Å²) in [4.78, 5) is 21.6. The highest BCUT2D eigenvalue weighted by Gasteiger charge is 2.33. The second-order valence-corrected chi connectivity index (χ2v) is 7.31. The fourth-order valence-corrected chi connectivity index (χ4v) is 3.82. The highest BCUT2D eigenvalue weighted by atomic mass is 16.3. The number of hydrogen-bond donors (Lipinski definition) is 3. The molecule has 0 unspecified atom stereocenters. The molecule has 2 aromatic rings. The number of carbonyl (C=O) groups excluding carboxylic acids is 1. The summed E-state index contributed by atoms with van der Waals surface area (Å²) >= 11 is 0. The molecule has 1 amide bonds. The molecule has 2 aliphatic rings. The molecule has 1 saturated carbocycles. The van der Waals surface area contributed by atoms with Crippen LogP contribution in [0.25, 0.3) is 16.9 Å². The number of primary amides is 1. The molecule has 7 heteroatoms. The number of anilines is 1. The Morgan fingerprint density at radius 1 is 1.31 bits per heavy atom. The monoisotopic (exact) mass is 353 g/mol. The van der Waals surface area contributed by atoms with Gasteiger partial charge in [-0.15, -0.1) is 0 Å². The molecule has 0 saturated heterocycles. The summed E-state index contributed by atoms with van der Waals surface area (Å²) in [5.41, 5.74) is 16.6. The Balaban J connectivity index is 2.07. The summed E-state index contributed by atoms with van der Waals surface area (Å²) in [7, 11) is 0. The van der Waals surface area contributed by atoms with Crippen molar-refractivity contribution in [1.82, 2.24) is 14.5 Å². The third-order valence-electron chi connectivity index (χ3n) is 5.38. The highest BCUT2D eigenvalue weighted by Crippen LogP contribution is 2.42. The van der Waals surface area contributed by atoms with Crippen LogP contribution in [0.15, 0.2) is 17.7 Å². The van der Waals surface area contributed by atoms with Gasteiger partial charge < -0.3 is 16.6 Å². The molecule has 0 bridgehead atoms. The van der Waals surface area contributed by atoms with Crippen molar-refractivity contribution >= 4 is 28.6 Å². The molecule has 26 heavy (non-hydrogen) atoms. The SMILES string of the molecule is CC1=C(n2c(N)c(C(N)=O)c3nc(C4CC4)c(C)nc32)[C@H](C)[C@H](O)C=C1. The van der Waals surface area contributed by atoms with Crippen molar-refractivity contribution in [2.24, 2.45) is 11.7 Å². The van der Waals surface area contributed by atoms with E-state index in [4.69, 9.17) is 21.4 Å². The number of aryl methyl sites for hydroxylation is 1. The van der Waals surface area contributed by atoms with E-state index >= 15 is 0 Å². The number of amides is 1. The Morgan fingerprint density at radius 3 is 2.62 bits per heavy atom. The summed E-state index contributed by atoms with van der Waals surface area (Å²) in [6.45, 7) is 5.79. The Kier molecular flexibility index (Phi) is 3.66. The molecule has 5 N–H and O–H groups in total. The standard InChI is InChI=1S/C19H23N5O2/c1-8-4-7-12(25)9(2)16(8)24-17(20)13(18(21)26)15-19(24)22-10(3)14(23-15)11-5-6-11/h4,7,9,11-12,25H,5-6,20H2,1-3H3,(H2,21,26)/t9-,12-/m1/s1. The number of hydrogen-bond acceptors (Lipinski definition) is 5. The van der Waals surface area contributed by atoms with Crippen molar-refractivity contribution < 1.29 is 9.90 Å². The van der Waals surface area contributed by atoms with Gasteiger partial charge in [-0.3, -0.25) is 9.36 Å². The van der Waals surface area contributed by atoms with Crippen LogP contribution >= 0.6 is 0 Å². The van der Waals surface area contributed by atoms with Gasteiger partial charge in [0, 0.05) is 17.5 Å². The van der Waals surface area contributed by atoms with Crippen molar-refractivity contribution in [1.29, 1.82) is 0 Å². The molecule has 7 nitrogen and oxygen atoms in total. The molecule has 0 spiro atoms. The maximum atomic E-state index is 12.1. The molecule has 2 heterocycles. The lowest BCUT2D eigenvalue weighted by atomic mass is 9.91. The van der Waals surface area contributed by atoms with Gasteiger partial charge in [0.25, 0.3) is 5.91 Å². The van der Waals surface area contributed by atoms with E-state index in [-0.39, 0.29) is 17.3 Å². The summed E-state index contributed by atoms with van der Waals surface area (Å²) in [5.74, 6) is -0.201. The van der Waals surface area contributed by atoms with Crippen LogP contribution in [0.5, 0.6) is 0 Å². The largest absolute Gasteiger partial charge is 0.388 e. The van der Waals surface area contributed by atoms with Gasteiger partial charge in [-0.05, 0) is 32.3 Å². The van der Waals surface area contributed by atoms with Crippen LogP contribution in [-0.4, -0.2) is 31.7 Å². The third-order valence-corrected chi connectivity index (χ3v) is 5.38. The third kappa shape index (κ3) is 2.34. The van der Waals surface area contributed by atoms with Crippen LogP contribution < -0.4 is 11.5 Å². The first kappa shape index (κ1) is 16.8. The minimum Gasteiger partial charge on any atom is -0.388 e. The topological polar surface area (TPSA) is 120 Å². The first-order chi connectivity index (χ1) is 12.3. The number of allylic oxidation sites excluding steroid dienone is 2. The number of nitrogen functional groups attached to an aromatic ring is 1. The minimum absolute atomic E-state index is 0.200. The predicted octanol–water partition coefficient (Wildman–Crippen LogP) is 2.10. The molecule has 2 aromatic heterocycles. The number of nitrogens with two attached hydrogens (primary N) is 2. The number of aliphatic hydroxyl groups excluding tert-OH is 1. The van der Waals surface area contributed by atoms with E-state index in [1.807, 2.05) is 26.8 Å². The number of aromatic nitrogens is 3. The predicted molar refractivity (Wildman–Crippen MR) is 100 cm³/mol. The number of aliphatic hydroxyl groups is 1. The minimum atomic E-state index is -0.637. The summed E-state index contributed by atoms with van der Waals surface area (Å²) in [6, 6.07) is 0. The number of carbonyl (C=O) groups is 1. The molecule has 0 aromatic carbocycles. The van der Waals surface area contributed by atoms with Gasteiger partial charge in [0.1, 0.15) is 16.9 Å². The maximum Gasteiger partial charge on any atom is 0.254 e. The zero-order valence-corrected chi connectivity index (χ0v) is 15.2. The average molecular weight is 353 g/mol. The molecule has 0 aliphatic heterocycles. The van der Waals surface area contributed by atoms with E-state index in [1.165, 1.54) is 0 Å². The van der Waals surface area contributed by atoms with E-state index in [2.05, 4.69) is 0 Å². The van der Waals surface area contributed by atoms with Crippen LogP contribution in [-0.2, 0) is 0 Å². The second kappa shape index (κ2) is 5.67. The highest BCUT2D eigenvalue weighted by molar-refractivity contribution is 6.10. The first-order valence-electron chi connectivity index (χ1n) is 8.86. The molecule has 2 atom stereocenters. The lowest BCUT2D eigenvalue weighted by Gasteiger charge is -2.27. The summed E-state index contributed by atoms with van der Waals surface area (Å²) < 4.78 is 1.73. The van der Waals surface area contributed by atoms with Gasteiger partial charge in [-0.25, -0.2) is 9.97 Å². The van der Waals surface area contributed by atoms with Crippen molar-refractivity contribution in [3.8, 4) is 0 Å². The summed E-state index contributed by atoms with van der Waals surface area (Å²) in [6.07, 6.45) is 5.14. The maximum absolute atomic E-state index is 12.1. The van der Waals surface area contributed by atoms with Crippen molar-refractivity contribution in [2.75, 3.05) is 5.73 Å². The lowest BCUT2D eigenvalue weighted by molar-refractivity contribution is 0.100. The van der Waals surface area contributed by atoms with Crippen molar-refractivity contribution in [2.45, 2.75) is 45.6 Å². The van der Waals surface area contributed by atoms with Crippen LogP contribution in [0, 0.1) is 12.8 Å². The fraction of sp³-hybridized carbons (Fsp3) is 0.421. The smallest absolute Gasteiger partial charge is 0.254 e. The number of fused-ring (bicyclic) bond motifs is 1. The van der Waals surface area contributed by atoms with Crippen molar-refractivity contribution in [3.05, 3.63) is 34.7 Å². The Morgan fingerprint density at radius 2 is 2.00 bits per heavy atom. The molecule has 136 valence electrons. The Bertz CT molecular complexity index is 997. The molecule has 2 aliphatic carbocycles. The zero-order valence-electron chi connectivity index (χ0n) is 15.2. The van der Waals surface area contributed by atoms with Gasteiger partial charge in [0.05, 0.1) is 17.5 Å². The van der Waals surface area contributed by atoms with E-state index in [0.29, 0.717) is 17.1 Å². The van der Waals surface area contributed by atoms with Gasteiger partial charge in [-0.1, -0.05) is 19.1 Å². The van der Waals surface area contributed by atoms with Gasteiger partial charge in [0.15, 0.2) is 5.65 Å². The van der Waals surface area contributed by atoms with Crippen molar-refractivity contribution in [3.63, 3.8) is 0 Å². The van der Waals surface area contributed by atoms with Crippen LogP contribution in [0.2, 0.25) is 0 Å². The molecule has 0 radical (unpaired) electrons. The fourth-order valence-electron chi connectivity index (χ4n) is 3.82. The molecular formula is C19H23N5O2. The zero-order chi connectivity index (χ0) is 18.7. The van der Waals surface area contributed by atoms with E-state index < -0.39 is 12.0 Å². The first-order valence-corrected chi connectivity index (χ1v) is 8.86. The second-order valence-electron chi connectivity index (χ2n) is 7.31. The van der Waals surface area contributed by atoms with Crippen LogP contribution in [0.4, 0.5) is 5.82 Å². The van der Waals surface area contributed by atoms with E-state index in [9.17, 15) is 9.90 Å². The molecular weight excluding hydrogens is 330 g/mol. The van der Waals surface area contributed by atoms with Crippen LogP contribution in [0.1, 0.15) is 54.4 Å². The van der Waals surface area contributed by atoms with Gasteiger partial charge >= 0.3 is 0 Å². The van der Waals surface area contributed by atoms with Crippen LogP contribution in [0.3, 0.4) is 0 Å². The van der Waals surface area contributed by atoms with Gasteiger partial charge in [0.2, 0.25) is 0 Å². The number of nitrogens with zero attached hydrogens (tertiary/aromatic N) is 3. The van der Waals surface area contributed by atoms with E-state index in [0.717, 1.165) is 35.5 Å². The lowest BCUT2D eigenvalue weighted by Crippen LogP contribution is -2.24. The van der Waals surface area contributed by atoms with Gasteiger partial charge in [-0.2, -0.15) is 0 Å². The average Bonchev–Trinajstić information content (AvgIpc) is 3.37. The Hall–Kier alpha value is -2.67. The quantitative estimate of drug-likeness (QED) is 0.780. The molecule has 4 rings (SSSR count).